The number of H-pyrrole nitrogens is 1. The van der Waals surface area contributed by atoms with Gasteiger partial charge in [0, 0.05) is 49.7 Å². The minimum absolute atomic E-state index is 0.00150. The predicted octanol–water partition coefficient (Wildman–Crippen LogP) is 0.873. The fourth-order valence-electron chi connectivity index (χ4n) is 4.02. The standard InChI is InChI=1S/C20H24N4O3/c1-13-4-5-16-14(10-13)15(11-18(25)22-16)19(26)24-9-6-21-12-17(24)20(27)23-7-2-3-8-23/h4-5,10-11,17,21H,2-3,6-9,12H2,1H3,(H,22,25). The summed E-state index contributed by atoms with van der Waals surface area (Å²) in [6.07, 6.45) is 2.02. The van der Waals surface area contributed by atoms with Gasteiger partial charge in [-0.15, -0.1) is 0 Å². The van der Waals surface area contributed by atoms with Crippen LogP contribution in [0, 0.1) is 6.92 Å². The van der Waals surface area contributed by atoms with Crippen LogP contribution in [0.5, 0.6) is 0 Å². The molecule has 2 aromatic rings. The van der Waals surface area contributed by atoms with Gasteiger partial charge >= 0.3 is 0 Å². The lowest BCUT2D eigenvalue weighted by Crippen LogP contribution is -2.60. The van der Waals surface area contributed by atoms with E-state index in [1.54, 1.807) is 4.90 Å². The molecule has 27 heavy (non-hydrogen) atoms. The summed E-state index contributed by atoms with van der Waals surface area (Å²) in [7, 11) is 0. The zero-order valence-corrected chi connectivity index (χ0v) is 15.5. The highest BCUT2D eigenvalue weighted by molar-refractivity contribution is 6.07. The van der Waals surface area contributed by atoms with Gasteiger partial charge in [0.1, 0.15) is 6.04 Å². The van der Waals surface area contributed by atoms with Gasteiger partial charge in [-0.2, -0.15) is 0 Å². The number of rotatable bonds is 2. The summed E-state index contributed by atoms with van der Waals surface area (Å²) in [6.45, 7) is 4.98. The number of amides is 2. The first-order chi connectivity index (χ1) is 13.0. The number of pyridine rings is 1. The topological polar surface area (TPSA) is 85.5 Å². The van der Waals surface area contributed by atoms with Crippen molar-refractivity contribution < 1.29 is 9.59 Å². The number of carbonyl (C=O) groups excluding carboxylic acids is 2. The van der Waals surface area contributed by atoms with Crippen LogP contribution in [0.15, 0.2) is 29.1 Å². The Morgan fingerprint density at radius 1 is 1.11 bits per heavy atom. The van der Waals surface area contributed by atoms with Gasteiger partial charge in [-0.3, -0.25) is 14.4 Å². The van der Waals surface area contributed by atoms with Gasteiger partial charge in [0.2, 0.25) is 11.5 Å². The fourth-order valence-corrected chi connectivity index (χ4v) is 4.02. The fraction of sp³-hybridized carbons (Fsp3) is 0.450. The van der Waals surface area contributed by atoms with Crippen LogP contribution in [0.1, 0.15) is 28.8 Å². The molecule has 0 aliphatic carbocycles. The van der Waals surface area contributed by atoms with Crippen LogP contribution in [0.2, 0.25) is 0 Å². The Kier molecular flexibility index (Phi) is 4.70. The van der Waals surface area contributed by atoms with E-state index in [0.717, 1.165) is 31.5 Å². The Morgan fingerprint density at radius 2 is 1.89 bits per heavy atom. The van der Waals surface area contributed by atoms with Gasteiger partial charge in [0.15, 0.2) is 0 Å². The van der Waals surface area contributed by atoms with Crippen LogP contribution in [0.4, 0.5) is 0 Å². The maximum absolute atomic E-state index is 13.4. The van der Waals surface area contributed by atoms with Crippen molar-refractivity contribution in [1.82, 2.24) is 20.1 Å². The molecule has 0 spiro atoms. The molecular formula is C20H24N4O3. The average molecular weight is 368 g/mol. The summed E-state index contributed by atoms with van der Waals surface area (Å²) in [5.41, 5.74) is 1.69. The summed E-state index contributed by atoms with van der Waals surface area (Å²) in [5, 5.41) is 3.94. The minimum Gasteiger partial charge on any atom is -0.341 e. The van der Waals surface area contributed by atoms with E-state index < -0.39 is 6.04 Å². The highest BCUT2D eigenvalue weighted by atomic mass is 16.2. The number of nitrogens with zero attached hydrogens (tertiary/aromatic N) is 2. The van der Waals surface area contributed by atoms with Gasteiger partial charge in [0.25, 0.3) is 5.91 Å². The number of hydrogen-bond acceptors (Lipinski definition) is 4. The molecule has 2 fully saturated rings. The highest BCUT2D eigenvalue weighted by Crippen LogP contribution is 2.21. The summed E-state index contributed by atoms with van der Waals surface area (Å²) < 4.78 is 0. The van der Waals surface area contributed by atoms with Crippen molar-refractivity contribution in [1.29, 1.82) is 0 Å². The van der Waals surface area contributed by atoms with Crippen molar-refractivity contribution in [3.8, 4) is 0 Å². The van der Waals surface area contributed by atoms with Crippen LogP contribution >= 0.6 is 0 Å². The van der Waals surface area contributed by atoms with Crippen molar-refractivity contribution in [2.24, 2.45) is 0 Å². The third kappa shape index (κ3) is 3.35. The highest BCUT2D eigenvalue weighted by Gasteiger charge is 2.36. The molecule has 0 bridgehead atoms. The molecule has 0 saturated carbocycles. The monoisotopic (exact) mass is 368 g/mol. The van der Waals surface area contributed by atoms with E-state index in [0.29, 0.717) is 36.1 Å². The number of likely N-dealkylation sites (tertiary alicyclic amines) is 1. The molecule has 2 N–H and O–H groups in total. The number of aromatic amines is 1. The smallest absolute Gasteiger partial charge is 0.255 e. The number of piperazine rings is 1. The second-order valence-electron chi connectivity index (χ2n) is 7.35. The third-order valence-electron chi connectivity index (χ3n) is 5.44. The number of carbonyl (C=O) groups is 2. The molecule has 4 rings (SSSR count). The molecule has 1 unspecified atom stereocenters. The summed E-state index contributed by atoms with van der Waals surface area (Å²) in [4.78, 5) is 44.7. The number of benzene rings is 1. The zero-order chi connectivity index (χ0) is 19.0. The lowest BCUT2D eigenvalue weighted by molar-refractivity contribution is -0.135. The summed E-state index contributed by atoms with van der Waals surface area (Å²) in [6, 6.07) is 6.44. The van der Waals surface area contributed by atoms with Crippen LogP contribution in [-0.2, 0) is 4.79 Å². The molecule has 142 valence electrons. The van der Waals surface area contributed by atoms with Crippen LogP contribution in [0.25, 0.3) is 10.9 Å². The second-order valence-corrected chi connectivity index (χ2v) is 7.35. The van der Waals surface area contributed by atoms with Crippen LogP contribution < -0.4 is 10.9 Å². The molecule has 1 aromatic heterocycles. The first-order valence-corrected chi connectivity index (χ1v) is 9.49. The zero-order valence-electron chi connectivity index (χ0n) is 15.5. The molecule has 7 nitrogen and oxygen atoms in total. The first kappa shape index (κ1) is 17.7. The maximum Gasteiger partial charge on any atom is 0.255 e. The molecule has 2 amide bonds. The van der Waals surface area contributed by atoms with Gasteiger partial charge < -0.3 is 20.1 Å². The number of aromatic nitrogens is 1. The normalized spacial score (nSPS) is 20.3. The minimum atomic E-state index is -0.525. The van der Waals surface area contributed by atoms with Crippen molar-refractivity contribution in [3.63, 3.8) is 0 Å². The quantitative estimate of drug-likeness (QED) is 0.824. The SMILES string of the molecule is Cc1ccc2[nH]c(=O)cc(C(=O)N3CCNCC3C(=O)N3CCCC3)c2c1. The van der Waals surface area contributed by atoms with E-state index in [4.69, 9.17) is 0 Å². The lowest BCUT2D eigenvalue weighted by atomic mass is 10.0. The van der Waals surface area contributed by atoms with Gasteiger partial charge in [0.05, 0.1) is 5.56 Å². The average Bonchev–Trinajstić information content (AvgIpc) is 3.21. The molecule has 1 aromatic carbocycles. The van der Waals surface area contributed by atoms with E-state index in [1.165, 1.54) is 6.07 Å². The van der Waals surface area contributed by atoms with Crippen molar-refractivity contribution >= 4 is 22.7 Å². The Bertz CT molecular complexity index is 946. The van der Waals surface area contributed by atoms with Crippen molar-refractivity contribution in [2.75, 3.05) is 32.7 Å². The molecule has 1 atom stereocenters. The largest absolute Gasteiger partial charge is 0.341 e. The van der Waals surface area contributed by atoms with E-state index in [2.05, 4.69) is 10.3 Å². The van der Waals surface area contributed by atoms with Gasteiger partial charge in [-0.25, -0.2) is 0 Å². The predicted molar refractivity (Wildman–Crippen MR) is 103 cm³/mol. The first-order valence-electron chi connectivity index (χ1n) is 9.49. The summed E-state index contributed by atoms with van der Waals surface area (Å²) >= 11 is 0. The van der Waals surface area contributed by atoms with E-state index in [1.807, 2.05) is 30.0 Å². The van der Waals surface area contributed by atoms with E-state index >= 15 is 0 Å². The molecule has 7 heteroatoms. The third-order valence-corrected chi connectivity index (χ3v) is 5.44. The summed E-state index contributed by atoms with van der Waals surface area (Å²) in [5.74, 6) is -0.255. The van der Waals surface area contributed by atoms with Crippen LogP contribution in [0.3, 0.4) is 0 Å². The Hall–Kier alpha value is -2.67. The Morgan fingerprint density at radius 3 is 2.67 bits per heavy atom. The number of aryl methyl sites for hydroxylation is 1. The molecule has 2 aliphatic rings. The Balaban J connectivity index is 1.72. The lowest BCUT2D eigenvalue weighted by Gasteiger charge is -2.37. The van der Waals surface area contributed by atoms with E-state index in [-0.39, 0.29) is 17.4 Å². The second kappa shape index (κ2) is 7.15. The van der Waals surface area contributed by atoms with Crippen molar-refractivity contribution in [2.45, 2.75) is 25.8 Å². The molecule has 3 heterocycles. The number of fused-ring (bicyclic) bond motifs is 1. The van der Waals surface area contributed by atoms with E-state index in [9.17, 15) is 14.4 Å². The molecule has 2 saturated heterocycles. The molecule has 2 aliphatic heterocycles. The van der Waals surface area contributed by atoms with Gasteiger partial charge in [-0.05, 0) is 31.9 Å². The number of hydrogen-bond donors (Lipinski definition) is 2. The van der Waals surface area contributed by atoms with Gasteiger partial charge in [-0.1, -0.05) is 11.6 Å². The molecule has 0 radical (unpaired) electrons. The number of nitrogens with one attached hydrogen (secondary N) is 2. The van der Waals surface area contributed by atoms with Crippen LogP contribution in [-0.4, -0.2) is 65.4 Å². The van der Waals surface area contributed by atoms with Crippen molar-refractivity contribution in [3.05, 3.63) is 45.7 Å². The maximum atomic E-state index is 13.4. The molecular weight excluding hydrogens is 344 g/mol. The Labute approximate surface area is 157 Å².